The zero-order valence-corrected chi connectivity index (χ0v) is 13.4. The molecule has 0 atom stereocenters. The van der Waals surface area contributed by atoms with Crippen LogP contribution in [0.1, 0.15) is 5.56 Å². The molecule has 0 aromatic heterocycles. The molecule has 0 heterocycles. The third kappa shape index (κ3) is 3.71. The predicted octanol–water partition coefficient (Wildman–Crippen LogP) is 3.54. The molecular formula is C13H6Cl2N2O5S. The summed E-state index contributed by atoms with van der Waals surface area (Å²) in [7, 11) is -4.23. The van der Waals surface area contributed by atoms with E-state index < -0.39 is 15.0 Å². The average molecular weight is 373 g/mol. The van der Waals surface area contributed by atoms with Crippen molar-refractivity contribution in [2.24, 2.45) is 0 Å². The summed E-state index contributed by atoms with van der Waals surface area (Å²) < 4.78 is 29.1. The lowest BCUT2D eigenvalue weighted by atomic mass is 10.2. The summed E-state index contributed by atoms with van der Waals surface area (Å²) in [6, 6.07) is 8.41. The zero-order chi connectivity index (χ0) is 17.2. The van der Waals surface area contributed by atoms with Gasteiger partial charge in [-0.05, 0) is 24.3 Å². The highest BCUT2D eigenvalue weighted by atomic mass is 35.5. The normalized spacial score (nSPS) is 10.8. The first-order chi connectivity index (χ1) is 10.7. The molecule has 0 fully saturated rings. The molecule has 10 heteroatoms. The van der Waals surface area contributed by atoms with Crippen LogP contribution in [0.2, 0.25) is 10.0 Å². The molecule has 0 spiro atoms. The van der Waals surface area contributed by atoms with E-state index in [9.17, 15) is 18.5 Å². The van der Waals surface area contributed by atoms with Gasteiger partial charge in [0.2, 0.25) is 0 Å². The first-order valence-electron chi connectivity index (χ1n) is 5.82. The molecule has 0 saturated carbocycles. The van der Waals surface area contributed by atoms with Gasteiger partial charge in [-0.15, -0.1) is 0 Å². The van der Waals surface area contributed by atoms with E-state index in [-0.39, 0.29) is 31.9 Å². The summed E-state index contributed by atoms with van der Waals surface area (Å²) in [5.41, 5.74) is -0.262. The number of rotatable bonds is 4. The van der Waals surface area contributed by atoms with Gasteiger partial charge in [-0.2, -0.15) is 13.7 Å². The van der Waals surface area contributed by atoms with Crippen molar-refractivity contribution < 1.29 is 17.5 Å². The summed E-state index contributed by atoms with van der Waals surface area (Å²) >= 11 is 11.5. The standard InChI is InChI=1S/C13H6Cl2N2O5S/c14-11-6-10(3-1-8(11)7-16)23(20,21)22-9-2-4-13(17(18)19)12(15)5-9/h1-6H. The molecule has 0 saturated heterocycles. The molecule has 0 radical (unpaired) electrons. The third-order valence-corrected chi connectivity index (χ3v) is 4.53. The van der Waals surface area contributed by atoms with Gasteiger partial charge in [0.25, 0.3) is 5.69 Å². The van der Waals surface area contributed by atoms with E-state index in [1.165, 1.54) is 6.07 Å². The minimum atomic E-state index is -4.23. The lowest BCUT2D eigenvalue weighted by Gasteiger charge is -2.08. The van der Waals surface area contributed by atoms with Crippen molar-refractivity contribution in [1.29, 1.82) is 5.26 Å². The van der Waals surface area contributed by atoms with Crippen LogP contribution >= 0.6 is 23.2 Å². The Bertz CT molecular complexity index is 938. The van der Waals surface area contributed by atoms with Gasteiger partial charge in [-0.25, -0.2) is 0 Å². The Balaban J connectivity index is 2.35. The third-order valence-electron chi connectivity index (χ3n) is 2.67. The molecule has 0 aliphatic rings. The topological polar surface area (TPSA) is 110 Å². The Morgan fingerprint density at radius 1 is 1.13 bits per heavy atom. The Morgan fingerprint density at radius 3 is 2.35 bits per heavy atom. The number of benzene rings is 2. The monoisotopic (exact) mass is 372 g/mol. The van der Waals surface area contributed by atoms with Crippen molar-refractivity contribution >= 4 is 39.0 Å². The molecule has 118 valence electrons. The molecule has 23 heavy (non-hydrogen) atoms. The predicted molar refractivity (Wildman–Crippen MR) is 82.1 cm³/mol. The fourth-order valence-corrected chi connectivity index (χ4v) is 3.08. The van der Waals surface area contributed by atoms with Gasteiger partial charge in [-0.3, -0.25) is 10.1 Å². The Kier molecular flexibility index (Phi) is 4.75. The highest BCUT2D eigenvalue weighted by Gasteiger charge is 2.20. The number of nitro groups is 1. The van der Waals surface area contributed by atoms with Crippen molar-refractivity contribution in [3.63, 3.8) is 0 Å². The molecule has 0 N–H and O–H groups in total. The smallest absolute Gasteiger partial charge is 0.339 e. The van der Waals surface area contributed by atoms with E-state index in [0.717, 1.165) is 30.3 Å². The van der Waals surface area contributed by atoms with Gasteiger partial charge < -0.3 is 4.18 Å². The van der Waals surface area contributed by atoms with Gasteiger partial charge in [0, 0.05) is 12.1 Å². The van der Waals surface area contributed by atoms with Crippen LogP contribution in [-0.2, 0) is 10.1 Å². The second kappa shape index (κ2) is 6.42. The fraction of sp³-hybridized carbons (Fsp3) is 0. The largest absolute Gasteiger partial charge is 0.379 e. The number of nitrogens with zero attached hydrogens (tertiary/aromatic N) is 2. The summed E-state index contributed by atoms with van der Waals surface area (Å²) in [6.45, 7) is 0. The number of hydrogen-bond acceptors (Lipinski definition) is 6. The van der Waals surface area contributed by atoms with Gasteiger partial charge >= 0.3 is 10.1 Å². The number of nitro benzene ring substituents is 1. The molecule has 0 amide bonds. The molecule has 2 aromatic rings. The first kappa shape index (κ1) is 17.0. The minimum absolute atomic E-state index is 0.0427. The minimum Gasteiger partial charge on any atom is -0.379 e. The van der Waals surface area contributed by atoms with E-state index >= 15 is 0 Å². The molecular weight excluding hydrogens is 367 g/mol. The molecule has 0 bridgehead atoms. The summed E-state index contributed by atoms with van der Waals surface area (Å²) in [5, 5.41) is 19.1. The van der Waals surface area contributed by atoms with Crippen LogP contribution in [0.4, 0.5) is 5.69 Å². The van der Waals surface area contributed by atoms with Crippen LogP contribution in [0.15, 0.2) is 41.3 Å². The van der Waals surface area contributed by atoms with E-state index in [1.807, 2.05) is 0 Å². The van der Waals surface area contributed by atoms with E-state index in [1.54, 1.807) is 6.07 Å². The van der Waals surface area contributed by atoms with E-state index in [4.69, 9.17) is 32.6 Å². The number of halogens is 2. The maximum atomic E-state index is 12.1. The lowest BCUT2D eigenvalue weighted by Crippen LogP contribution is -2.10. The van der Waals surface area contributed by atoms with Crippen LogP contribution in [0, 0.1) is 21.4 Å². The Hall–Kier alpha value is -2.34. The van der Waals surface area contributed by atoms with Crippen molar-refractivity contribution in [2.45, 2.75) is 4.90 Å². The summed E-state index contributed by atoms with van der Waals surface area (Å²) in [6.07, 6.45) is 0. The molecule has 0 aliphatic carbocycles. The van der Waals surface area contributed by atoms with E-state index in [2.05, 4.69) is 0 Å². The van der Waals surface area contributed by atoms with Crippen molar-refractivity contribution in [3.8, 4) is 11.8 Å². The van der Waals surface area contributed by atoms with Gasteiger partial charge in [0.05, 0.1) is 15.5 Å². The Morgan fingerprint density at radius 2 is 1.83 bits per heavy atom. The maximum absolute atomic E-state index is 12.1. The average Bonchev–Trinajstić information content (AvgIpc) is 2.46. The van der Waals surface area contributed by atoms with Gasteiger partial charge in [0.15, 0.2) is 0 Å². The van der Waals surface area contributed by atoms with Crippen LogP contribution in [0.5, 0.6) is 5.75 Å². The maximum Gasteiger partial charge on any atom is 0.339 e. The first-order valence-corrected chi connectivity index (χ1v) is 7.99. The van der Waals surface area contributed by atoms with Crippen LogP contribution in [0.3, 0.4) is 0 Å². The van der Waals surface area contributed by atoms with E-state index in [0.29, 0.717) is 0 Å². The molecule has 2 rings (SSSR count). The van der Waals surface area contributed by atoms with Gasteiger partial charge in [-0.1, -0.05) is 23.2 Å². The summed E-state index contributed by atoms with van der Waals surface area (Å²) in [5.74, 6) is -0.193. The molecule has 2 aromatic carbocycles. The quantitative estimate of drug-likeness (QED) is 0.461. The van der Waals surface area contributed by atoms with Crippen molar-refractivity contribution in [1.82, 2.24) is 0 Å². The number of nitriles is 1. The molecule has 7 nitrogen and oxygen atoms in total. The van der Waals surface area contributed by atoms with Crippen LogP contribution < -0.4 is 4.18 Å². The van der Waals surface area contributed by atoms with Gasteiger partial charge in [0.1, 0.15) is 21.7 Å². The van der Waals surface area contributed by atoms with Crippen molar-refractivity contribution in [2.75, 3.05) is 0 Å². The highest BCUT2D eigenvalue weighted by Crippen LogP contribution is 2.30. The lowest BCUT2D eigenvalue weighted by molar-refractivity contribution is -0.384. The van der Waals surface area contributed by atoms with Crippen LogP contribution in [0.25, 0.3) is 0 Å². The highest BCUT2D eigenvalue weighted by molar-refractivity contribution is 7.87. The zero-order valence-electron chi connectivity index (χ0n) is 11.1. The molecule has 0 unspecified atom stereocenters. The fourth-order valence-electron chi connectivity index (χ4n) is 1.60. The molecule has 0 aliphatic heterocycles. The van der Waals surface area contributed by atoms with Crippen molar-refractivity contribution in [3.05, 3.63) is 62.1 Å². The Labute approximate surface area is 140 Å². The SMILES string of the molecule is N#Cc1ccc(S(=O)(=O)Oc2ccc([N+](=O)[O-])c(Cl)c2)cc1Cl. The second-order valence-electron chi connectivity index (χ2n) is 4.16. The summed E-state index contributed by atoms with van der Waals surface area (Å²) in [4.78, 5) is 9.68. The second-order valence-corrected chi connectivity index (χ2v) is 6.52. The van der Waals surface area contributed by atoms with Crippen LogP contribution in [-0.4, -0.2) is 13.3 Å². The number of hydrogen-bond donors (Lipinski definition) is 0.